The summed E-state index contributed by atoms with van der Waals surface area (Å²) in [6.45, 7) is 13.5. The summed E-state index contributed by atoms with van der Waals surface area (Å²) in [4.78, 5) is 85.5. The maximum atomic E-state index is 14.1. The van der Waals surface area contributed by atoms with E-state index in [1.807, 2.05) is 90.1 Å². The van der Waals surface area contributed by atoms with Crippen LogP contribution < -0.4 is 4.90 Å². The molecule has 0 unspecified atom stereocenters. The highest BCUT2D eigenvalue weighted by atomic mass is 19.1. The second kappa shape index (κ2) is 22.0. The number of esters is 2. The van der Waals surface area contributed by atoms with Crippen LogP contribution in [0.4, 0.5) is 10.1 Å². The van der Waals surface area contributed by atoms with Crippen molar-refractivity contribution in [2.75, 3.05) is 32.2 Å². The molecular weight excluding hydrogens is 814 g/mol. The molecule has 0 N–H and O–H groups in total. The number of benzene rings is 3. The minimum absolute atomic E-state index is 0.0287. The molecule has 5 rings (SSSR count). The van der Waals surface area contributed by atoms with Crippen molar-refractivity contribution in [1.82, 2.24) is 9.80 Å². The van der Waals surface area contributed by atoms with Crippen LogP contribution in [0, 0.1) is 28.5 Å². The highest BCUT2D eigenvalue weighted by molar-refractivity contribution is 5.93. The van der Waals surface area contributed by atoms with Gasteiger partial charge in [-0.25, -0.2) is 4.39 Å². The van der Waals surface area contributed by atoms with E-state index in [9.17, 15) is 33.2 Å². The number of amides is 2. The Labute approximate surface area is 379 Å². The topological polar surface area (TPSA) is 131 Å². The van der Waals surface area contributed by atoms with Gasteiger partial charge in [-0.05, 0) is 95.9 Å². The molecule has 2 heterocycles. The van der Waals surface area contributed by atoms with Crippen molar-refractivity contribution in [3.05, 3.63) is 101 Å². The third kappa shape index (κ3) is 13.3. The second-order valence-electron chi connectivity index (χ2n) is 19.7. The van der Waals surface area contributed by atoms with Crippen molar-refractivity contribution in [2.24, 2.45) is 22.7 Å². The van der Waals surface area contributed by atoms with Crippen molar-refractivity contribution in [1.29, 1.82) is 0 Å². The molecule has 2 aliphatic heterocycles. The molecule has 2 amide bonds. The van der Waals surface area contributed by atoms with Gasteiger partial charge in [-0.2, -0.15) is 0 Å². The van der Waals surface area contributed by atoms with E-state index in [0.717, 1.165) is 53.6 Å². The number of hydrogen-bond donors (Lipinski definition) is 0. The Kier molecular flexibility index (Phi) is 17.1. The molecule has 0 saturated carbocycles. The first-order valence-electron chi connectivity index (χ1n) is 22.7. The van der Waals surface area contributed by atoms with Gasteiger partial charge in [0.1, 0.15) is 5.82 Å². The molecule has 0 aromatic heterocycles. The van der Waals surface area contributed by atoms with Crippen LogP contribution in [0.3, 0.4) is 0 Å². The Bertz CT molecular complexity index is 1960. The average Bonchev–Trinajstić information content (AvgIpc) is 3.27. The third-order valence-electron chi connectivity index (χ3n) is 12.9. The number of carbonyl (C=O) groups is 6. The van der Waals surface area contributed by atoms with Gasteiger partial charge in [0, 0.05) is 44.7 Å². The van der Waals surface area contributed by atoms with Crippen LogP contribution >= 0.6 is 0 Å². The lowest BCUT2D eigenvalue weighted by Gasteiger charge is -2.40. The zero-order valence-electron chi connectivity index (χ0n) is 39.1. The Hall–Kier alpha value is -5.39. The normalized spacial score (nSPS) is 17.8. The summed E-state index contributed by atoms with van der Waals surface area (Å²) in [7, 11) is 2.63. The molecule has 346 valence electrons. The lowest BCUT2D eigenvalue weighted by atomic mass is 9.77. The molecule has 3 aromatic carbocycles. The number of likely N-dealkylation sites (tertiary alicyclic amines) is 2. The first kappa shape index (κ1) is 49.6. The van der Waals surface area contributed by atoms with Gasteiger partial charge in [0.2, 0.25) is 11.8 Å². The van der Waals surface area contributed by atoms with Crippen LogP contribution in [0.5, 0.6) is 0 Å². The van der Waals surface area contributed by atoms with Gasteiger partial charge in [0.05, 0.1) is 51.0 Å². The minimum Gasteiger partial charge on any atom is -0.469 e. The molecular formula is C52H68FN3O8. The van der Waals surface area contributed by atoms with Gasteiger partial charge in [0.25, 0.3) is 0 Å². The largest absolute Gasteiger partial charge is 0.469 e. The standard InChI is InChI=1S/C52H68FN3O8/c1-51(2,3)41(31-47(59)63-7)49(61)55-27-11-9-13-43(55)45(57)29-35-15-19-37(20-16-35)33-54(40-25-23-39(53)24-26-40)34-38-21-17-36(18-22-38)30-46(58)44-14-10-12-28-56(44)50(62)42(52(4,5)6)32-48(60)64-8/h15-26,41-44H,9-14,27-34H2,1-8H3/t41-,42-,43+,44+/m1/s1. The van der Waals surface area contributed by atoms with E-state index in [2.05, 4.69) is 4.90 Å². The molecule has 64 heavy (non-hydrogen) atoms. The summed E-state index contributed by atoms with van der Waals surface area (Å²) in [6.07, 6.45) is 4.72. The molecule has 0 spiro atoms. The average molecular weight is 882 g/mol. The number of rotatable bonds is 17. The molecule has 4 atom stereocenters. The highest BCUT2D eigenvalue weighted by Crippen LogP contribution is 2.35. The van der Waals surface area contributed by atoms with Gasteiger partial charge in [-0.3, -0.25) is 28.8 Å². The predicted molar refractivity (Wildman–Crippen MR) is 244 cm³/mol. The molecule has 2 saturated heterocycles. The van der Waals surface area contributed by atoms with Gasteiger partial charge < -0.3 is 24.2 Å². The van der Waals surface area contributed by atoms with Crippen molar-refractivity contribution < 1.29 is 42.6 Å². The fourth-order valence-corrected chi connectivity index (χ4v) is 8.98. The number of nitrogens with zero attached hydrogens (tertiary/aromatic N) is 3. The van der Waals surface area contributed by atoms with Crippen LogP contribution in [0.2, 0.25) is 0 Å². The Morgan fingerprint density at radius 3 is 1.28 bits per heavy atom. The molecule has 2 fully saturated rings. The number of Topliss-reactive ketones (excluding diaryl/α,β-unsaturated/α-hetero) is 2. The van der Waals surface area contributed by atoms with E-state index in [4.69, 9.17) is 9.47 Å². The number of ketones is 2. The fourth-order valence-electron chi connectivity index (χ4n) is 8.98. The van der Waals surface area contributed by atoms with E-state index < -0.39 is 46.7 Å². The number of anilines is 1. The van der Waals surface area contributed by atoms with E-state index >= 15 is 0 Å². The van der Waals surface area contributed by atoms with Crippen LogP contribution in [-0.2, 0) is 64.2 Å². The van der Waals surface area contributed by atoms with E-state index in [1.165, 1.54) is 26.4 Å². The van der Waals surface area contributed by atoms with Gasteiger partial charge >= 0.3 is 11.9 Å². The number of methoxy groups -OCH3 is 2. The summed E-state index contributed by atoms with van der Waals surface area (Å²) in [5.41, 5.74) is 3.48. The number of halogens is 1. The van der Waals surface area contributed by atoms with Gasteiger partial charge in [-0.1, -0.05) is 90.1 Å². The SMILES string of the molecule is COC(=O)C[C@H](C(=O)N1CCCC[C@H]1C(=O)Cc1ccc(CN(Cc2ccc(CC(=O)[C@@H]3CCCCN3C(=O)[C@@H](CC(=O)OC)C(C)(C)C)cc2)c2ccc(F)cc2)cc1)C(C)(C)C. The number of ether oxygens (including phenoxy) is 2. The van der Waals surface area contributed by atoms with E-state index in [0.29, 0.717) is 39.0 Å². The smallest absolute Gasteiger partial charge is 0.306 e. The van der Waals surface area contributed by atoms with Crippen LogP contribution in [0.15, 0.2) is 72.8 Å². The monoisotopic (exact) mass is 881 g/mol. The number of piperidine rings is 2. The summed E-state index contributed by atoms with van der Waals surface area (Å²) in [6, 6.07) is 21.0. The first-order valence-corrected chi connectivity index (χ1v) is 22.7. The molecule has 3 aromatic rings. The maximum absolute atomic E-state index is 14.1. The Morgan fingerprint density at radius 2 is 0.938 bits per heavy atom. The van der Waals surface area contributed by atoms with Crippen molar-refractivity contribution in [2.45, 2.75) is 131 Å². The maximum Gasteiger partial charge on any atom is 0.306 e. The van der Waals surface area contributed by atoms with E-state index in [-0.39, 0.29) is 54.9 Å². The third-order valence-corrected chi connectivity index (χ3v) is 12.9. The molecule has 2 aliphatic rings. The summed E-state index contributed by atoms with van der Waals surface area (Å²) < 4.78 is 23.9. The van der Waals surface area contributed by atoms with Crippen molar-refractivity contribution in [3.8, 4) is 0 Å². The van der Waals surface area contributed by atoms with Crippen LogP contribution in [0.1, 0.15) is 115 Å². The van der Waals surface area contributed by atoms with Crippen LogP contribution in [-0.4, -0.2) is 84.5 Å². The Balaban J connectivity index is 1.25. The first-order chi connectivity index (χ1) is 30.3. The van der Waals surface area contributed by atoms with Gasteiger partial charge in [0.15, 0.2) is 11.6 Å². The van der Waals surface area contributed by atoms with Crippen molar-refractivity contribution >= 4 is 41.0 Å². The molecule has 0 aliphatic carbocycles. The minimum atomic E-state index is -0.608. The quantitative estimate of drug-likeness (QED) is 0.123. The zero-order valence-corrected chi connectivity index (χ0v) is 39.1. The lowest BCUT2D eigenvalue weighted by molar-refractivity contribution is -0.153. The summed E-state index contributed by atoms with van der Waals surface area (Å²) in [5, 5.41) is 0. The predicted octanol–water partition coefficient (Wildman–Crippen LogP) is 8.47. The van der Waals surface area contributed by atoms with Crippen molar-refractivity contribution in [3.63, 3.8) is 0 Å². The molecule has 11 nitrogen and oxygen atoms in total. The number of hydrogen-bond acceptors (Lipinski definition) is 9. The number of carbonyl (C=O) groups excluding carboxylic acids is 6. The van der Waals surface area contributed by atoms with Gasteiger partial charge in [-0.15, -0.1) is 0 Å². The summed E-state index contributed by atoms with van der Waals surface area (Å²) in [5.74, 6) is -2.87. The molecule has 0 radical (unpaired) electrons. The second-order valence-corrected chi connectivity index (χ2v) is 19.7. The zero-order chi connectivity index (χ0) is 46.8. The molecule has 0 bridgehead atoms. The lowest BCUT2D eigenvalue weighted by Crippen LogP contribution is -2.52. The van der Waals surface area contributed by atoms with E-state index in [1.54, 1.807) is 21.9 Å². The Morgan fingerprint density at radius 1 is 0.578 bits per heavy atom. The summed E-state index contributed by atoms with van der Waals surface area (Å²) >= 11 is 0. The van der Waals surface area contributed by atoms with Crippen LogP contribution in [0.25, 0.3) is 0 Å². The molecule has 12 heteroatoms. The fraction of sp³-hybridized carbons (Fsp3) is 0.538. The highest BCUT2D eigenvalue weighted by Gasteiger charge is 2.42.